The Morgan fingerprint density at radius 1 is 1.29 bits per heavy atom. The first-order valence-corrected chi connectivity index (χ1v) is 11.1. The molecule has 2 amide bonds. The van der Waals surface area contributed by atoms with Gasteiger partial charge in [-0.15, -0.1) is 11.3 Å². The Labute approximate surface area is 185 Å². The Morgan fingerprint density at radius 2 is 2.13 bits per heavy atom. The van der Waals surface area contributed by atoms with Gasteiger partial charge in [-0.25, -0.2) is 4.98 Å². The van der Waals surface area contributed by atoms with E-state index in [4.69, 9.17) is 9.72 Å². The molecular formula is C23H24N4O3S. The van der Waals surface area contributed by atoms with E-state index in [0.717, 1.165) is 33.3 Å². The van der Waals surface area contributed by atoms with Gasteiger partial charge in [-0.1, -0.05) is 13.0 Å². The van der Waals surface area contributed by atoms with Crippen LogP contribution < -0.4 is 15.0 Å². The van der Waals surface area contributed by atoms with E-state index in [-0.39, 0.29) is 18.4 Å². The van der Waals surface area contributed by atoms with E-state index < -0.39 is 6.10 Å². The van der Waals surface area contributed by atoms with Crippen LogP contribution in [-0.4, -0.2) is 41.0 Å². The quantitative estimate of drug-likeness (QED) is 0.635. The highest BCUT2D eigenvalue weighted by Gasteiger charge is 2.33. The highest BCUT2D eigenvalue weighted by molar-refractivity contribution is 7.15. The molecule has 3 heterocycles. The van der Waals surface area contributed by atoms with Crippen LogP contribution in [0.4, 0.5) is 5.69 Å². The summed E-state index contributed by atoms with van der Waals surface area (Å²) in [6.07, 6.45) is 1.94. The molecule has 4 rings (SSSR count). The van der Waals surface area contributed by atoms with Gasteiger partial charge in [0.05, 0.1) is 17.1 Å². The number of ether oxygens (including phenoxy) is 1. The van der Waals surface area contributed by atoms with Gasteiger partial charge < -0.3 is 10.1 Å². The number of carbonyl (C=O) groups is 2. The fraction of sp³-hybridized carbons (Fsp3) is 0.304. The Balaban J connectivity index is 1.69. The van der Waals surface area contributed by atoms with Crippen molar-refractivity contribution in [1.29, 1.82) is 0 Å². The molecule has 2 aromatic heterocycles. The molecular weight excluding hydrogens is 412 g/mol. The maximum atomic E-state index is 12.8. The number of thiazole rings is 1. The molecule has 1 unspecified atom stereocenters. The van der Waals surface area contributed by atoms with E-state index in [1.807, 2.05) is 50.2 Å². The van der Waals surface area contributed by atoms with Crippen LogP contribution in [0.15, 0.2) is 42.6 Å². The molecule has 0 fully saturated rings. The summed E-state index contributed by atoms with van der Waals surface area (Å²) in [5.74, 6) is 0.153. The van der Waals surface area contributed by atoms with Gasteiger partial charge in [-0.3, -0.25) is 19.5 Å². The summed E-state index contributed by atoms with van der Waals surface area (Å²) in [5.41, 5.74) is 3.09. The molecule has 1 aliphatic rings. The zero-order chi connectivity index (χ0) is 22.0. The summed E-state index contributed by atoms with van der Waals surface area (Å²) in [7, 11) is 0. The van der Waals surface area contributed by atoms with E-state index in [9.17, 15) is 9.59 Å². The predicted octanol–water partition coefficient (Wildman–Crippen LogP) is 3.82. The number of benzene rings is 1. The highest BCUT2D eigenvalue weighted by Crippen LogP contribution is 2.39. The van der Waals surface area contributed by atoms with Crippen LogP contribution in [0.2, 0.25) is 0 Å². The third-order valence-electron chi connectivity index (χ3n) is 5.00. The Morgan fingerprint density at radius 3 is 2.87 bits per heavy atom. The van der Waals surface area contributed by atoms with E-state index in [0.29, 0.717) is 18.0 Å². The number of anilines is 1. The number of nitrogens with one attached hydrogen (secondary N) is 1. The molecule has 0 radical (unpaired) electrons. The van der Waals surface area contributed by atoms with Crippen LogP contribution >= 0.6 is 11.3 Å². The van der Waals surface area contributed by atoms with Crippen molar-refractivity contribution in [3.63, 3.8) is 0 Å². The standard InChI is InChI=1S/C23H24N4O3S/c1-4-10-25-20(28)13-27-18-12-16(8-9-19(18)30-14(2)23(27)29)21-15(3)31-22(26-21)17-7-5-6-11-24-17/h5-9,11-12,14H,4,10,13H2,1-3H3,(H,25,28). The number of aryl methyl sites for hydroxylation is 1. The summed E-state index contributed by atoms with van der Waals surface area (Å²) in [4.78, 5) is 36.9. The average Bonchev–Trinajstić information content (AvgIpc) is 3.17. The fourth-order valence-corrected chi connectivity index (χ4v) is 4.36. The average molecular weight is 437 g/mol. The Bertz CT molecular complexity index is 1110. The summed E-state index contributed by atoms with van der Waals surface area (Å²) in [6.45, 7) is 6.23. The number of rotatable bonds is 6. The maximum absolute atomic E-state index is 12.8. The van der Waals surface area contributed by atoms with Gasteiger partial charge in [-0.05, 0) is 50.6 Å². The lowest BCUT2D eigenvalue weighted by Crippen LogP contribution is -2.48. The SMILES string of the molecule is CCCNC(=O)CN1C(=O)C(C)Oc2ccc(-c3nc(-c4ccccn4)sc3C)cc21. The second kappa shape index (κ2) is 8.85. The van der Waals surface area contributed by atoms with E-state index in [2.05, 4.69) is 10.3 Å². The van der Waals surface area contributed by atoms with Crippen LogP contribution in [0.5, 0.6) is 5.75 Å². The first-order chi connectivity index (χ1) is 15.0. The molecule has 1 N–H and O–H groups in total. The number of fused-ring (bicyclic) bond motifs is 1. The van der Waals surface area contributed by atoms with Gasteiger partial charge in [-0.2, -0.15) is 0 Å². The lowest BCUT2D eigenvalue weighted by atomic mass is 10.1. The van der Waals surface area contributed by atoms with Crippen molar-refractivity contribution in [3.8, 4) is 27.7 Å². The van der Waals surface area contributed by atoms with Crippen LogP contribution in [0, 0.1) is 6.92 Å². The van der Waals surface area contributed by atoms with Gasteiger partial charge in [0.2, 0.25) is 5.91 Å². The second-order valence-corrected chi connectivity index (χ2v) is 8.56. The molecule has 7 nitrogen and oxygen atoms in total. The predicted molar refractivity (Wildman–Crippen MR) is 121 cm³/mol. The lowest BCUT2D eigenvalue weighted by Gasteiger charge is -2.32. The minimum atomic E-state index is -0.644. The topological polar surface area (TPSA) is 84.4 Å². The molecule has 1 atom stereocenters. The molecule has 0 spiro atoms. The fourth-order valence-electron chi connectivity index (χ4n) is 3.44. The number of amides is 2. The molecule has 3 aromatic rings. The van der Waals surface area contributed by atoms with Crippen molar-refractivity contribution >= 4 is 28.8 Å². The van der Waals surface area contributed by atoms with E-state index >= 15 is 0 Å². The Kier molecular flexibility index (Phi) is 5.99. The minimum Gasteiger partial charge on any atom is -0.479 e. The summed E-state index contributed by atoms with van der Waals surface area (Å²) in [6, 6.07) is 11.4. The van der Waals surface area contributed by atoms with Crippen molar-refractivity contribution < 1.29 is 14.3 Å². The summed E-state index contributed by atoms with van der Waals surface area (Å²) >= 11 is 1.57. The molecule has 0 aliphatic carbocycles. The zero-order valence-electron chi connectivity index (χ0n) is 17.7. The van der Waals surface area contributed by atoms with Crippen LogP contribution in [-0.2, 0) is 9.59 Å². The van der Waals surface area contributed by atoms with Crippen molar-refractivity contribution in [3.05, 3.63) is 47.5 Å². The number of pyridine rings is 1. The number of aromatic nitrogens is 2. The van der Waals surface area contributed by atoms with Crippen LogP contribution in [0.25, 0.3) is 22.0 Å². The van der Waals surface area contributed by atoms with Crippen molar-refractivity contribution in [2.45, 2.75) is 33.3 Å². The van der Waals surface area contributed by atoms with Gasteiger partial charge >= 0.3 is 0 Å². The van der Waals surface area contributed by atoms with E-state index in [1.165, 1.54) is 4.90 Å². The van der Waals surface area contributed by atoms with Gasteiger partial charge in [0.15, 0.2) is 6.10 Å². The number of nitrogens with zero attached hydrogens (tertiary/aromatic N) is 3. The molecule has 0 bridgehead atoms. The van der Waals surface area contributed by atoms with Crippen LogP contribution in [0.3, 0.4) is 0 Å². The third kappa shape index (κ3) is 4.29. The Hall–Kier alpha value is -3.26. The summed E-state index contributed by atoms with van der Waals surface area (Å²) in [5, 5.41) is 3.67. The van der Waals surface area contributed by atoms with Crippen LogP contribution in [0.1, 0.15) is 25.1 Å². The highest BCUT2D eigenvalue weighted by atomic mass is 32.1. The monoisotopic (exact) mass is 436 g/mol. The normalized spacial score (nSPS) is 15.4. The molecule has 31 heavy (non-hydrogen) atoms. The molecule has 1 aliphatic heterocycles. The number of carbonyl (C=O) groups excluding carboxylic acids is 2. The smallest absolute Gasteiger partial charge is 0.268 e. The van der Waals surface area contributed by atoms with Crippen molar-refractivity contribution in [2.24, 2.45) is 0 Å². The first kappa shape index (κ1) is 21.0. The summed E-state index contributed by atoms with van der Waals surface area (Å²) < 4.78 is 5.78. The molecule has 8 heteroatoms. The van der Waals surface area contributed by atoms with Gasteiger partial charge in [0.25, 0.3) is 5.91 Å². The van der Waals surface area contributed by atoms with Crippen molar-refractivity contribution in [1.82, 2.24) is 15.3 Å². The van der Waals surface area contributed by atoms with Gasteiger partial charge in [0.1, 0.15) is 17.3 Å². The molecule has 0 saturated heterocycles. The largest absolute Gasteiger partial charge is 0.479 e. The molecule has 160 valence electrons. The second-order valence-electron chi connectivity index (χ2n) is 7.36. The first-order valence-electron chi connectivity index (χ1n) is 10.3. The molecule has 1 aromatic carbocycles. The number of hydrogen-bond acceptors (Lipinski definition) is 6. The lowest BCUT2D eigenvalue weighted by molar-refractivity contribution is -0.128. The third-order valence-corrected chi connectivity index (χ3v) is 5.99. The zero-order valence-corrected chi connectivity index (χ0v) is 18.5. The van der Waals surface area contributed by atoms with Gasteiger partial charge in [0, 0.05) is 23.2 Å². The van der Waals surface area contributed by atoms with E-state index in [1.54, 1.807) is 24.5 Å². The minimum absolute atomic E-state index is 0.0434. The molecule has 0 saturated carbocycles. The maximum Gasteiger partial charge on any atom is 0.268 e. The number of hydrogen-bond donors (Lipinski definition) is 1. The van der Waals surface area contributed by atoms with Crippen molar-refractivity contribution in [2.75, 3.05) is 18.0 Å².